The van der Waals surface area contributed by atoms with Gasteiger partial charge in [-0.25, -0.2) is 14.5 Å². The average molecular weight is 370 g/mol. The Morgan fingerprint density at radius 1 is 1.00 bits per heavy atom. The fourth-order valence-electron chi connectivity index (χ4n) is 3.27. The van der Waals surface area contributed by atoms with E-state index in [1.807, 2.05) is 24.5 Å². The molecule has 2 N–H and O–H groups in total. The molecule has 28 heavy (non-hydrogen) atoms. The van der Waals surface area contributed by atoms with Crippen molar-refractivity contribution in [1.82, 2.24) is 34.3 Å². The van der Waals surface area contributed by atoms with Gasteiger partial charge in [0.25, 0.3) is 5.78 Å². The van der Waals surface area contributed by atoms with Crippen molar-refractivity contribution in [3.63, 3.8) is 0 Å². The van der Waals surface area contributed by atoms with E-state index >= 15 is 0 Å². The highest BCUT2D eigenvalue weighted by atomic mass is 15.3. The Bertz CT molecular complexity index is 1270. The Labute approximate surface area is 160 Å². The van der Waals surface area contributed by atoms with Crippen molar-refractivity contribution in [3.05, 3.63) is 72.6 Å². The van der Waals surface area contributed by atoms with E-state index < -0.39 is 0 Å². The van der Waals surface area contributed by atoms with Crippen molar-refractivity contribution in [1.29, 1.82) is 0 Å². The van der Waals surface area contributed by atoms with Crippen LogP contribution in [0.5, 0.6) is 0 Å². The molecule has 0 amide bonds. The Morgan fingerprint density at radius 2 is 1.93 bits per heavy atom. The average Bonchev–Trinajstić information content (AvgIpc) is 3.35. The second-order valence-electron chi connectivity index (χ2n) is 6.59. The Balaban J connectivity index is 1.50. The molecule has 0 aliphatic rings. The molecule has 0 saturated carbocycles. The van der Waals surface area contributed by atoms with Gasteiger partial charge in [0.05, 0.1) is 36.3 Å². The van der Waals surface area contributed by atoms with E-state index in [1.54, 1.807) is 27.8 Å². The van der Waals surface area contributed by atoms with Gasteiger partial charge in [-0.2, -0.15) is 10.2 Å². The normalized spacial score (nSPS) is 11.5. The first kappa shape index (κ1) is 16.5. The number of nitrogens with zero attached hydrogens (tertiary/aromatic N) is 7. The highest BCUT2D eigenvalue weighted by molar-refractivity contribution is 5.79. The van der Waals surface area contributed by atoms with Crippen LogP contribution in [0.15, 0.2) is 61.3 Å². The number of pyridine rings is 1. The molecule has 5 rings (SSSR count). The minimum absolute atomic E-state index is 0.540. The highest BCUT2D eigenvalue weighted by Crippen LogP contribution is 2.19. The third-order valence-corrected chi connectivity index (χ3v) is 4.64. The molecule has 5 aromatic rings. The van der Waals surface area contributed by atoms with Crippen LogP contribution in [0.3, 0.4) is 0 Å². The SMILES string of the molecule is NCCn1cc(-c2cnc3ncc(Cc4ccc5ncccc5c4)n3n2)cn1. The Hall–Kier alpha value is -3.65. The number of hydrogen-bond acceptors (Lipinski definition) is 6. The van der Waals surface area contributed by atoms with Crippen LogP contribution in [-0.4, -0.2) is 40.9 Å². The summed E-state index contributed by atoms with van der Waals surface area (Å²) in [6, 6.07) is 10.3. The summed E-state index contributed by atoms with van der Waals surface area (Å²) in [5.74, 6) is 0.579. The summed E-state index contributed by atoms with van der Waals surface area (Å²) < 4.78 is 3.60. The summed E-state index contributed by atoms with van der Waals surface area (Å²) in [6.45, 7) is 1.21. The fraction of sp³-hybridized carbons (Fsp3) is 0.150. The molecule has 0 radical (unpaired) electrons. The van der Waals surface area contributed by atoms with Gasteiger partial charge in [0.15, 0.2) is 0 Å². The van der Waals surface area contributed by atoms with Crippen LogP contribution in [0.2, 0.25) is 0 Å². The number of fused-ring (bicyclic) bond motifs is 2. The van der Waals surface area contributed by atoms with E-state index in [1.165, 1.54) is 5.56 Å². The fourth-order valence-corrected chi connectivity index (χ4v) is 3.27. The van der Waals surface area contributed by atoms with Crippen LogP contribution < -0.4 is 5.73 Å². The van der Waals surface area contributed by atoms with Gasteiger partial charge in [0, 0.05) is 36.3 Å². The summed E-state index contributed by atoms with van der Waals surface area (Å²) in [4.78, 5) is 13.2. The molecule has 8 heteroatoms. The van der Waals surface area contributed by atoms with Crippen molar-refractivity contribution in [2.24, 2.45) is 5.73 Å². The van der Waals surface area contributed by atoms with Crippen molar-refractivity contribution >= 4 is 16.7 Å². The first-order valence-corrected chi connectivity index (χ1v) is 9.06. The van der Waals surface area contributed by atoms with Gasteiger partial charge in [0.1, 0.15) is 5.69 Å². The number of aromatic nitrogens is 7. The minimum Gasteiger partial charge on any atom is -0.329 e. The van der Waals surface area contributed by atoms with Gasteiger partial charge in [-0.3, -0.25) is 9.67 Å². The topological polar surface area (TPSA) is 99.8 Å². The molecule has 0 aliphatic carbocycles. The van der Waals surface area contributed by atoms with Gasteiger partial charge in [-0.1, -0.05) is 12.1 Å². The zero-order chi connectivity index (χ0) is 18.9. The Kier molecular flexibility index (Phi) is 4.02. The summed E-state index contributed by atoms with van der Waals surface area (Å²) in [5, 5.41) is 10.2. The molecule has 4 aromatic heterocycles. The third-order valence-electron chi connectivity index (χ3n) is 4.64. The monoisotopic (exact) mass is 370 g/mol. The molecule has 0 fully saturated rings. The summed E-state index contributed by atoms with van der Waals surface area (Å²) in [5.41, 5.74) is 10.4. The van der Waals surface area contributed by atoms with Crippen LogP contribution in [0.4, 0.5) is 0 Å². The zero-order valence-electron chi connectivity index (χ0n) is 15.1. The second-order valence-corrected chi connectivity index (χ2v) is 6.59. The molecule has 0 atom stereocenters. The number of nitrogens with two attached hydrogens (primary N) is 1. The lowest BCUT2D eigenvalue weighted by molar-refractivity contribution is 0.625. The summed E-state index contributed by atoms with van der Waals surface area (Å²) in [7, 11) is 0. The maximum Gasteiger partial charge on any atom is 0.250 e. The van der Waals surface area contributed by atoms with Gasteiger partial charge in [0.2, 0.25) is 0 Å². The minimum atomic E-state index is 0.540. The molecule has 0 saturated heterocycles. The van der Waals surface area contributed by atoms with Crippen molar-refractivity contribution < 1.29 is 0 Å². The van der Waals surface area contributed by atoms with Crippen LogP contribution in [0.1, 0.15) is 11.3 Å². The number of hydrogen-bond donors (Lipinski definition) is 1. The van der Waals surface area contributed by atoms with Crippen LogP contribution in [0, 0.1) is 0 Å². The lowest BCUT2D eigenvalue weighted by Gasteiger charge is -2.04. The van der Waals surface area contributed by atoms with E-state index in [0.717, 1.165) is 27.9 Å². The molecule has 8 nitrogen and oxygen atoms in total. The van der Waals surface area contributed by atoms with E-state index in [9.17, 15) is 0 Å². The standard InChI is InChI=1S/C20H18N8/c21-5-7-27-13-16(10-25-27)19-12-24-20-23-11-17(28(20)26-19)9-14-3-4-18-15(8-14)2-1-6-22-18/h1-4,6,8,10-13H,5,7,9,21H2. The first-order valence-electron chi connectivity index (χ1n) is 9.06. The largest absolute Gasteiger partial charge is 0.329 e. The lowest BCUT2D eigenvalue weighted by Crippen LogP contribution is -2.09. The van der Waals surface area contributed by atoms with Crippen LogP contribution in [-0.2, 0) is 13.0 Å². The van der Waals surface area contributed by atoms with E-state index in [2.05, 4.69) is 38.2 Å². The van der Waals surface area contributed by atoms with Gasteiger partial charge >= 0.3 is 0 Å². The Morgan fingerprint density at radius 3 is 2.86 bits per heavy atom. The smallest absolute Gasteiger partial charge is 0.250 e. The van der Waals surface area contributed by atoms with Crippen LogP contribution >= 0.6 is 0 Å². The molecule has 1 aromatic carbocycles. The predicted octanol–water partition coefficient (Wildman–Crippen LogP) is 2.09. The molecule has 0 spiro atoms. The van der Waals surface area contributed by atoms with Crippen LogP contribution in [0.25, 0.3) is 27.9 Å². The van der Waals surface area contributed by atoms with Gasteiger partial charge in [-0.05, 0) is 23.8 Å². The molecule has 0 aliphatic heterocycles. The second kappa shape index (κ2) is 6.82. The molecular weight excluding hydrogens is 352 g/mol. The molecule has 138 valence electrons. The van der Waals surface area contributed by atoms with Crippen molar-refractivity contribution in [3.8, 4) is 11.3 Å². The van der Waals surface area contributed by atoms with Gasteiger partial charge in [-0.15, -0.1) is 0 Å². The lowest BCUT2D eigenvalue weighted by atomic mass is 10.1. The summed E-state index contributed by atoms with van der Waals surface area (Å²) in [6.07, 6.45) is 9.76. The molecular formula is C20H18N8. The zero-order valence-corrected chi connectivity index (χ0v) is 15.1. The maximum absolute atomic E-state index is 5.59. The van der Waals surface area contributed by atoms with Crippen molar-refractivity contribution in [2.45, 2.75) is 13.0 Å². The number of rotatable bonds is 5. The maximum atomic E-state index is 5.59. The van der Waals surface area contributed by atoms with Crippen molar-refractivity contribution in [2.75, 3.05) is 6.54 Å². The first-order chi connectivity index (χ1) is 13.8. The van der Waals surface area contributed by atoms with E-state index in [4.69, 9.17) is 10.8 Å². The molecule has 4 heterocycles. The number of imidazole rings is 1. The quantitative estimate of drug-likeness (QED) is 0.508. The predicted molar refractivity (Wildman–Crippen MR) is 106 cm³/mol. The molecule has 0 unspecified atom stereocenters. The van der Waals surface area contributed by atoms with Gasteiger partial charge < -0.3 is 5.73 Å². The molecule has 0 bridgehead atoms. The van der Waals surface area contributed by atoms with E-state index in [-0.39, 0.29) is 0 Å². The number of benzene rings is 1. The third kappa shape index (κ3) is 2.99. The summed E-state index contributed by atoms with van der Waals surface area (Å²) >= 11 is 0. The highest BCUT2D eigenvalue weighted by Gasteiger charge is 2.11. The van der Waals surface area contributed by atoms with E-state index in [0.29, 0.717) is 25.3 Å².